The van der Waals surface area contributed by atoms with Gasteiger partial charge in [-0.1, -0.05) is 36.4 Å². The van der Waals surface area contributed by atoms with Crippen molar-refractivity contribution >= 4 is 27.6 Å². The normalized spacial score (nSPS) is 17.5. The van der Waals surface area contributed by atoms with Crippen LogP contribution in [0.2, 0.25) is 0 Å². The zero-order valence-electron chi connectivity index (χ0n) is 19.1. The van der Waals surface area contributed by atoms with E-state index in [4.69, 9.17) is 0 Å². The lowest BCUT2D eigenvalue weighted by molar-refractivity contribution is -0.274. The lowest BCUT2D eigenvalue weighted by Gasteiger charge is -2.19. The van der Waals surface area contributed by atoms with Crippen molar-refractivity contribution in [3.8, 4) is 5.75 Å². The van der Waals surface area contributed by atoms with Crippen LogP contribution in [-0.4, -0.2) is 44.1 Å². The lowest BCUT2D eigenvalue weighted by Crippen LogP contribution is -2.34. The standard InChI is InChI=1S/C25H20F3N3O5S/c26-25(27,28)36-19-8-4-7-18(13-19)23(32)30-12-11-17-14-20(9-10-22(17)30)37(34,35)31-15-21(29-24(31)33)16-5-2-1-3-6-16/h1-10,13-14,21H,11-12,15H2,(H,29,33). The van der Waals surface area contributed by atoms with E-state index in [0.717, 1.165) is 22.0 Å². The van der Waals surface area contributed by atoms with E-state index in [-0.39, 0.29) is 23.5 Å². The molecular formula is C25H20F3N3O5S. The number of carbonyl (C=O) groups is 2. The Morgan fingerprint density at radius 1 is 1.00 bits per heavy atom. The first kappa shape index (κ1) is 24.6. The largest absolute Gasteiger partial charge is 0.573 e. The molecule has 0 bridgehead atoms. The third kappa shape index (κ3) is 4.84. The first-order valence-electron chi connectivity index (χ1n) is 11.2. The van der Waals surface area contributed by atoms with Gasteiger partial charge in [0, 0.05) is 17.8 Å². The quantitative estimate of drug-likeness (QED) is 0.531. The monoisotopic (exact) mass is 531 g/mol. The zero-order valence-corrected chi connectivity index (χ0v) is 19.9. The van der Waals surface area contributed by atoms with Gasteiger partial charge in [0.05, 0.1) is 17.5 Å². The van der Waals surface area contributed by atoms with Crippen LogP contribution in [-0.2, 0) is 16.4 Å². The Hall–Kier alpha value is -4.06. The van der Waals surface area contributed by atoms with Crippen LogP contribution >= 0.6 is 0 Å². The number of amides is 3. The number of halogens is 3. The van der Waals surface area contributed by atoms with E-state index in [9.17, 15) is 31.2 Å². The second kappa shape index (κ2) is 9.11. The summed E-state index contributed by atoms with van der Waals surface area (Å²) < 4.78 is 68.9. The smallest absolute Gasteiger partial charge is 0.406 e. The van der Waals surface area contributed by atoms with Gasteiger partial charge in [0.2, 0.25) is 0 Å². The molecule has 1 fully saturated rings. The number of sulfonamides is 1. The lowest BCUT2D eigenvalue weighted by atomic mass is 10.1. The van der Waals surface area contributed by atoms with E-state index < -0.39 is 40.1 Å². The molecule has 0 aromatic heterocycles. The van der Waals surface area contributed by atoms with Crippen molar-refractivity contribution in [3.05, 3.63) is 89.5 Å². The topological polar surface area (TPSA) is 96.0 Å². The highest BCUT2D eigenvalue weighted by molar-refractivity contribution is 7.89. The Balaban J connectivity index is 1.36. The number of anilines is 1. The molecule has 8 nitrogen and oxygen atoms in total. The van der Waals surface area contributed by atoms with Crippen LogP contribution in [0.4, 0.5) is 23.7 Å². The number of alkyl halides is 3. The maximum Gasteiger partial charge on any atom is 0.573 e. The van der Waals surface area contributed by atoms with E-state index in [1.54, 1.807) is 24.3 Å². The van der Waals surface area contributed by atoms with Crippen LogP contribution < -0.4 is 15.0 Å². The molecule has 3 aromatic rings. The molecule has 0 spiro atoms. The minimum absolute atomic E-state index is 0.00742. The third-order valence-electron chi connectivity index (χ3n) is 6.17. The number of ether oxygens (including phenoxy) is 1. The van der Waals surface area contributed by atoms with Gasteiger partial charge < -0.3 is 15.0 Å². The summed E-state index contributed by atoms with van der Waals surface area (Å²) in [5.41, 5.74) is 1.78. The first-order chi connectivity index (χ1) is 17.5. The highest BCUT2D eigenvalue weighted by Gasteiger charge is 2.39. The van der Waals surface area contributed by atoms with Crippen LogP contribution in [0.1, 0.15) is 27.5 Å². The van der Waals surface area contributed by atoms with E-state index in [1.165, 1.54) is 35.2 Å². The van der Waals surface area contributed by atoms with Crippen LogP contribution in [0.15, 0.2) is 77.7 Å². The molecule has 1 unspecified atom stereocenters. The third-order valence-corrected chi connectivity index (χ3v) is 7.91. The predicted octanol–water partition coefficient (Wildman–Crippen LogP) is 4.24. The SMILES string of the molecule is O=C(c1cccc(OC(F)(F)F)c1)N1CCc2cc(S(=O)(=O)N3CC(c4ccccc4)NC3=O)ccc21. The number of fused-ring (bicyclic) bond motifs is 1. The summed E-state index contributed by atoms with van der Waals surface area (Å²) in [5.74, 6) is -1.07. The summed E-state index contributed by atoms with van der Waals surface area (Å²) in [7, 11) is -4.17. The van der Waals surface area contributed by atoms with Gasteiger partial charge in [0.1, 0.15) is 5.75 Å². The molecule has 0 aliphatic carbocycles. The molecule has 0 radical (unpaired) electrons. The van der Waals surface area contributed by atoms with E-state index in [1.807, 2.05) is 6.07 Å². The fraction of sp³-hybridized carbons (Fsp3) is 0.200. The number of hydrogen-bond donors (Lipinski definition) is 1. The number of hydrogen-bond acceptors (Lipinski definition) is 5. The van der Waals surface area contributed by atoms with Crippen LogP contribution in [0.25, 0.3) is 0 Å². The van der Waals surface area contributed by atoms with E-state index in [0.29, 0.717) is 17.7 Å². The maximum atomic E-state index is 13.3. The van der Waals surface area contributed by atoms with Gasteiger partial charge in [-0.15, -0.1) is 13.2 Å². The van der Waals surface area contributed by atoms with Crippen molar-refractivity contribution in [1.82, 2.24) is 9.62 Å². The Kier molecular flexibility index (Phi) is 6.06. The van der Waals surface area contributed by atoms with Crippen LogP contribution in [0.5, 0.6) is 5.75 Å². The first-order valence-corrected chi connectivity index (χ1v) is 12.7. The van der Waals surface area contributed by atoms with Gasteiger partial charge in [-0.05, 0) is 53.9 Å². The molecule has 2 heterocycles. The van der Waals surface area contributed by atoms with Gasteiger partial charge in [-0.2, -0.15) is 0 Å². The summed E-state index contributed by atoms with van der Waals surface area (Å²) in [4.78, 5) is 26.8. The summed E-state index contributed by atoms with van der Waals surface area (Å²) in [6.07, 6.45) is -4.56. The molecule has 3 aromatic carbocycles. The molecule has 2 aliphatic rings. The molecule has 1 N–H and O–H groups in total. The fourth-order valence-corrected chi connectivity index (χ4v) is 5.86. The fourth-order valence-electron chi connectivity index (χ4n) is 4.46. The highest BCUT2D eigenvalue weighted by Crippen LogP contribution is 2.34. The van der Waals surface area contributed by atoms with Gasteiger partial charge in [0.15, 0.2) is 0 Å². The predicted molar refractivity (Wildman–Crippen MR) is 127 cm³/mol. The molecule has 1 atom stereocenters. The number of nitrogens with one attached hydrogen (secondary N) is 1. The molecule has 1 saturated heterocycles. The summed E-state index contributed by atoms with van der Waals surface area (Å²) in [6, 6.07) is 16.7. The second-order valence-corrected chi connectivity index (χ2v) is 10.4. The highest BCUT2D eigenvalue weighted by atomic mass is 32.2. The summed E-state index contributed by atoms with van der Waals surface area (Å²) in [5, 5.41) is 2.68. The van der Waals surface area contributed by atoms with E-state index in [2.05, 4.69) is 10.1 Å². The number of rotatable bonds is 5. The molecule has 0 saturated carbocycles. The Labute approximate surface area is 210 Å². The Bertz CT molecular complexity index is 1480. The number of urea groups is 1. The van der Waals surface area contributed by atoms with Crippen molar-refractivity contribution < 1.29 is 35.9 Å². The minimum atomic E-state index is -4.89. The maximum absolute atomic E-state index is 13.3. The van der Waals surface area contributed by atoms with Crippen LogP contribution in [0, 0.1) is 0 Å². The van der Waals surface area contributed by atoms with Crippen molar-refractivity contribution in [2.45, 2.75) is 23.7 Å². The molecule has 2 aliphatic heterocycles. The average molecular weight is 532 g/mol. The van der Waals surface area contributed by atoms with E-state index >= 15 is 0 Å². The van der Waals surface area contributed by atoms with Crippen molar-refractivity contribution in [3.63, 3.8) is 0 Å². The molecule has 12 heteroatoms. The van der Waals surface area contributed by atoms with Gasteiger partial charge in [-0.3, -0.25) is 4.79 Å². The van der Waals surface area contributed by atoms with Gasteiger partial charge >= 0.3 is 12.4 Å². The summed E-state index contributed by atoms with van der Waals surface area (Å²) >= 11 is 0. The minimum Gasteiger partial charge on any atom is -0.406 e. The Morgan fingerprint density at radius 2 is 1.76 bits per heavy atom. The number of benzene rings is 3. The van der Waals surface area contributed by atoms with Crippen molar-refractivity contribution in [2.75, 3.05) is 18.0 Å². The van der Waals surface area contributed by atoms with Crippen LogP contribution in [0.3, 0.4) is 0 Å². The number of carbonyl (C=O) groups excluding carboxylic acids is 2. The molecule has 5 rings (SSSR count). The van der Waals surface area contributed by atoms with Gasteiger partial charge in [-0.25, -0.2) is 17.5 Å². The van der Waals surface area contributed by atoms with Crippen molar-refractivity contribution in [2.24, 2.45) is 0 Å². The van der Waals surface area contributed by atoms with Gasteiger partial charge in [0.25, 0.3) is 15.9 Å². The molecular weight excluding hydrogens is 511 g/mol. The molecule has 192 valence electrons. The molecule has 37 heavy (non-hydrogen) atoms. The molecule has 3 amide bonds. The second-order valence-electron chi connectivity index (χ2n) is 8.52. The number of nitrogens with zero attached hydrogens (tertiary/aromatic N) is 2. The van der Waals surface area contributed by atoms with Crippen molar-refractivity contribution in [1.29, 1.82) is 0 Å². The summed E-state index contributed by atoms with van der Waals surface area (Å²) in [6.45, 7) is 0.144. The zero-order chi connectivity index (χ0) is 26.4. The Morgan fingerprint density at radius 3 is 2.49 bits per heavy atom. The average Bonchev–Trinajstić information content (AvgIpc) is 3.47.